The topological polar surface area (TPSA) is 46.5 Å². The molecule has 76 valence electrons. The van der Waals surface area contributed by atoms with Gasteiger partial charge in [-0.3, -0.25) is 4.79 Å². The van der Waals surface area contributed by atoms with E-state index >= 15 is 0 Å². The molecule has 0 aromatic heterocycles. The summed E-state index contributed by atoms with van der Waals surface area (Å²) in [6.45, 7) is 1.73. The summed E-state index contributed by atoms with van der Waals surface area (Å²) in [7, 11) is 0. The van der Waals surface area contributed by atoms with Crippen LogP contribution in [-0.4, -0.2) is 17.7 Å². The van der Waals surface area contributed by atoms with Gasteiger partial charge in [0, 0.05) is 0 Å². The van der Waals surface area contributed by atoms with Crippen LogP contribution in [0.2, 0.25) is 0 Å². The highest BCUT2D eigenvalue weighted by Gasteiger charge is 2.12. The van der Waals surface area contributed by atoms with Crippen molar-refractivity contribution in [1.82, 2.24) is 0 Å². The summed E-state index contributed by atoms with van der Waals surface area (Å²) in [5.41, 5.74) is 0.950. The Morgan fingerprint density at radius 2 is 2.07 bits per heavy atom. The monoisotopic (exact) mass is 194 g/mol. The lowest BCUT2D eigenvalue weighted by molar-refractivity contribution is -0.150. The van der Waals surface area contributed by atoms with Gasteiger partial charge in [0.25, 0.3) is 0 Å². The molecular weight excluding hydrogens is 180 g/mol. The van der Waals surface area contributed by atoms with Gasteiger partial charge in [0.1, 0.15) is 6.61 Å². The van der Waals surface area contributed by atoms with Crippen LogP contribution in [0.15, 0.2) is 30.3 Å². The van der Waals surface area contributed by atoms with Gasteiger partial charge in [-0.1, -0.05) is 30.3 Å². The lowest BCUT2D eigenvalue weighted by atomic mass is 10.2. The van der Waals surface area contributed by atoms with Crippen LogP contribution in [0.3, 0.4) is 0 Å². The number of benzene rings is 1. The van der Waals surface area contributed by atoms with Gasteiger partial charge in [-0.25, -0.2) is 0 Å². The van der Waals surface area contributed by atoms with Crippen LogP contribution >= 0.6 is 0 Å². The first-order valence-corrected chi connectivity index (χ1v) is 4.55. The molecular formula is C11H14O3. The molecule has 0 spiro atoms. The molecule has 3 heteroatoms. The second kappa shape index (κ2) is 5.40. The molecule has 0 heterocycles. The van der Waals surface area contributed by atoms with Crippen molar-refractivity contribution in [3.8, 4) is 0 Å². The third kappa shape index (κ3) is 3.18. The molecule has 0 radical (unpaired) electrons. The van der Waals surface area contributed by atoms with Crippen molar-refractivity contribution in [2.45, 2.75) is 13.5 Å². The second-order valence-corrected chi connectivity index (χ2v) is 3.18. The van der Waals surface area contributed by atoms with E-state index in [1.165, 1.54) is 0 Å². The zero-order valence-corrected chi connectivity index (χ0v) is 8.14. The van der Waals surface area contributed by atoms with Gasteiger partial charge in [0.2, 0.25) is 0 Å². The van der Waals surface area contributed by atoms with Crippen LogP contribution in [0.1, 0.15) is 12.5 Å². The molecule has 1 aromatic carbocycles. The summed E-state index contributed by atoms with van der Waals surface area (Å²) in [4.78, 5) is 11.2. The number of hydrogen-bond acceptors (Lipinski definition) is 3. The largest absolute Gasteiger partial charge is 0.461 e. The summed E-state index contributed by atoms with van der Waals surface area (Å²) < 4.78 is 4.98. The van der Waals surface area contributed by atoms with E-state index in [2.05, 4.69) is 0 Å². The van der Waals surface area contributed by atoms with Crippen molar-refractivity contribution in [2.75, 3.05) is 6.61 Å². The van der Waals surface area contributed by atoms with Gasteiger partial charge in [-0.05, 0) is 12.5 Å². The van der Waals surface area contributed by atoms with E-state index < -0.39 is 5.92 Å². The number of ether oxygens (including phenoxy) is 1. The Bertz CT molecular complexity index is 282. The van der Waals surface area contributed by atoms with Crippen LogP contribution in [0, 0.1) is 5.92 Å². The average molecular weight is 194 g/mol. The molecule has 1 aromatic rings. The van der Waals surface area contributed by atoms with Gasteiger partial charge >= 0.3 is 5.97 Å². The minimum atomic E-state index is -0.446. The number of aliphatic hydroxyl groups excluding tert-OH is 1. The van der Waals surface area contributed by atoms with Crippen molar-refractivity contribution in [2.24, 2.45) is 5.92 Å². The minimum absolute atomic E-state index is 0.173. The zero-order valence-electron chi connectivity index (χ0n) is 8.14. The lowest BCUT2D eigenvalue weighted by Crippen LogP contribution is -2.17. The first kappa shape index (κ1) is 10.7. The molecule has 0 saturated heterocycles. The summed E-state index contributed by atoms with van der Waals surface area (Å²) >= 11 is 0. The average Bonchev–Trinajstić information content (AvgIpc) is 2.26. The number of rotatable bonds is 4. The van der Waals surface area contributed by atoms with Gasteiger partial charge in [-0.2, -0.15) is 0 Å². The van der Waals surface area contributed by atoms with E-state index in [0.717, 1.165) is 5.56 Å². The summed E-state index contributed by atoms with van der Waals surface area (Å²) in [5, 5.41) is 8.70. The maximum Gasteiger partial charge on any atom is 0.311 e. The number of carbonyl (C=O) groups is 1. The highest BCUT2D eigenvalue weighted by atomic mass is 16.5. The molecule has 1 unspecified atom stereocenters. The molecule has 0 aliphatic rings. The van der Waals surface area contributed by atoms with Crippen LogP contribution in [0.4, 0.5) is 0 Å². The van der Waals surface area contributed by atoms with Gasteiger partial charge in [-0.15, -0.1) is 0 Å². The van der Waals surface area contributed by atoms with E-state index in [1.807, 2.05) is 30.3 Å². The SMILES string of the molecule is CC(CO)C(=O)OCc1ccccc1. The van der Waals surface area contributed by atoms with Gasteiger partial charge < -0.3 is 9.84 Å². The molecule has 1 rings (SSSR count). The van der Waals surface area contributed by atoms with E-state index in [-0.39, 0.29) is 19.2 Å². The zero-order chi connectivity index (χ0) is 10.4. The third-order valence-corrected chi connectivity index (χ3v) is 1.90. The Hall–Kier alpha value is -1.35. The van der Waals surface area contributed by atoms with E-state index in [4.69, 9.17) is 9.84 Å². The second-order valence-electron chi connectivity index (χ2n) is 3.18. The number of esters is 1. The molecule has 0 fully saturated rings. The van der Waals surface area contributed by atoms with Crippen molar-refractivity contribution < 1.29 is 14.6 Å². The number of hydrogen-bond donors (Lipinski definition) is 1. The maximum absolute atomic E-state index is 11.2. The molecule has 0 amide bonds. The maximum atomic E-state index is 11.2. The predicted octanol–water partition coefficient (Wildman–Crippen LogP) is 1.36. The fraction of sp³-hybridized carbons (Fsp3) is 0.364. The minimum Gasteiger partial charge on any atom is -0.461 e. The van der Waals surface area contributed by atoms with E-state index in [0.29, 0.717) is 0 Å². The van der Waals surface area contributed by atoms with Crippen molar-refractivity contribution >= 4 is 5.97 Å². The highest BCUT2D eigenvalue weighted by molar-refractivity contribution is 5.72. The van der Waals surface area contributed by atoms with Crippen LogP contribution in [0.25, 0.3) is 0 Å². The fourth-order valence-corrected chi connectivity index (χ4v) is 0.945. The quantitative estimate of drug-likeness (QED) is 0.736. The Labute approximate surface area is 83.3 Å². The molecule has 0 aliphatic heterocycles. The summed E-state index contributed by atoms with van der Waals surface area (Å²) in [5.74, 6) is -0.810. The highest BCUT2D eigenvalue weighted by Crippen LogP contribution is 2.03. The first-order chi connectivity index (χ1) is 6.74. The van der Waals surface area contributed by atoms with Crippen molar-refractivity contribution in [3.63, 3.8) is 0 Å². The smallest absolute Gasteiger partial charge is 0.311 e. The number of aliphatic hydroxyl groups is 1. The molecule has 0 aliphatic carbocycles. The molecule has 1 N–H and O–H groups in total. The van der Waals surface area contributed by atoms with Crippen molar-refractivity contribution in [3.05, 3.63) is 35.9 Å². The van der Waals surface area contributed by atoms with Gasteiger partial charge in [0.05, 0.1) is 12.5 Å². The van der Waals surface area contributed by atoms with Crippen molar-refractivity contribution in [1.29, 1.82) is 0 Å². The van der Waals surface area contributed by atoms with E-state index in [1.54, 1.807) is 6.92 Å². The van der Waals surface area contributed by atoms with E-state index in [9.17, 15) is 4.79 Å². The van der Waals surface area contributed by atoms with Crippen LogP contribution in [-0.2, 0) is 16.1 Å². The Kier molecular flexibility index (Phi) is 4.13. The number of carbonyl (C=O) groups excluding carboxylic acids is 1. The first-order valence-electron chi connectivity index (χ1n) is 4.55. The molecule has 0 bridgehead atoms. The van der Waals surface area contributed by atoms with Crippen LogP contribution < -0.4 is 0 Å². The summed E-state index contributed by atoms with van der Waals surface area (Å²) in [6, 6.07) is 9.45. The molecule has 14 heavy (non-hydrogen) atoms. The Morgan fingerprint density at radius 1 is 1.43 bits per heavy atom. The molecule has 3 nitrogen and oxygen atoms in total. The normalized spacial score (nSPS) is 12.1. The molecule has 1 atom stereocenters. The standard InChI is InChI=1S/C11H14O3/c1-9(7-12)11(13)14-8-10-5-3-2-4-6-10/h2-6,9,12H,7-8H2,1H3. The van der Waals surface area contributed by atoms with Crippen LogP contribution in [0.5, 0.6) is 0 Å². The third-order valence-electron chi connectivity index (χ3n) is 1.90. The summed E-state index contributed by atoms with van der Waals surface area (Å²) in [6.07, 6.45) is 0. The van der Waals surface area contributed by atoms with Gasteiger partial charge in [0.15, 0.2) is 0 Å². The molecule has 0 saturated carbocycles. The Morgan fingerprint density at radius 3 is 2.64 bits per heavy atom. The fourth-order valence-electron chi connectivity index (χ4n) is 0.945. The predicted molar refractivity (Wildman–Crippen MR) is 52.5 cm³/mol. The Balaban J connectivity index is 2.38. The lowest BCUT2D eigenvalue weighted by Gasteiger charge is -2.08.